The molecule has 3 rings (SSSR count). The van der Waals surface area contributed by atoms with Crippen LogP contribution in [-0.4, -0.2) is 47.3 Å². The molecular weight excluding hydrogens is 316 g/mol. The first-order valence-electron chi connectivity index (χ1n) is 9.00. The van der Waals surface area contributed by atoms with Crippen molar-refractivity contribution in [2.75, 3.05) is 25.5 Å². The van der Waals surface area contributed by atoms with Crippen LogP contribution < -0.4 is 5.32 Å². The zero-order valence-corrected chi connectivity index (χ0v) is 15.6. The van der Waals surface area contributed by atoms with E-state index in [-0.39, 0.29) is 0 Å². The topological polar surface area (TPSA) is 63.4 Å². The Bertz CT molecular complexity index is 690. The Balaban J connectivity index is 1.71. The van der Waals surface area contributed by atoms with Crippen LogP contribution in [0.25, 0.3) is 11.5 Å². The van der Waals surface area contributed by atoms with Gasteiger partial charge in [-0.1, -0.05) is 11.2 Å². The summed E-state index contributed by atoms with van der Waals surface area (Å²) in [6, 6.07) is 7.32. The number of ether oxygens (including phenoxy) is 1. The molecule has 0 atom stereocenters. The van der Waals surface area contributed by atoms with Crippen molar-refractivity contribution in [2.24, 2.45) is 0 Å². The smallest absolute Gasteiger partial charge is 0.258 e. The van der Waals surface area contributed by atoms with Crippen LogP contribution >= 0.6 is 0 Å². The van der Waals surface area contributed by atoms with Crippen LogP contribution in [0.15, 0.2) is 22.7 Å². The van der Waals surface area contributed by atoms with E-state index < -0.39 is 0 Å². The number of benzene rings is 1. The average molecular weight is 344 g/mol. The maximum absolute atomic E-state index is 5.39. The summed E-state index contributed by atoms with van der Waals surface area (Å²) in [4.78, 5) is 6.95. The van der Waals surface area contributed by atoms with Gasteiger partial charge in [-0.15, -0.1) is 0 Å². The van der Waals surface area contributed by atoms with Crippen molar-refractivity contribution >= 4 is 5.69 Å². The lowest BCUT2D eigenvalue weighted by atomic mass is 10.0. The van der Waals surface area contributed by atoms with Crippen molar-refractivity contribution in [2.45, 2.75) is 52.3 Å². The molecule has 1 aliphatic heterocycles. The highest BCUT2D eigenvalue weighted by Crippen LogP contribution is 2.29. The molecule has 136 valence electrons. The number of hydrogen-bond acceptors (Lipinski definition) is 6. The minimum atomic E-state index is 0.356. The third-order valence-corrected chi connectivity index (χ3v) is 4.93. The van der Waals surface area contributed by atoms with Gasteiger partial charge >= 0.3 is 0 Å². The summed E-state index contributed by atoms with van der Waals surface area (Å²) in [5.74, 6) is 1.11. The largest absolute Gasteiger partial charge is 0.382 e. The van der Waals surface area contributed by atoms with E-state index >= 15 is 0 Å². The van der Waals surface area contributed by atoms with Crippen LogP contribution in [-0.2, 0) is 11.3 Å². The Kier molecular flexibility index (Phi) is 5.71. The van der Waals surface area contributed by atoms with Crippen molar-refractivity contribution in [1.82, 2.24) is 15.0 Å². The van der Waals surface area contributed by atoms with Gasteiger partial charge in [-0.05, 0) is 51.3 Å². The number of piperidine rings is 1. The molecule has 2 heterocycles. The summed E-state index contributed by atoms with van der Waals surface area (Å²) < 4.78 is 10.4. The first-order valence-corrected chi connectivity index (χ1v) is 9.00. The van der Waals surface area contributed by atoms with Gasteiger partial charge in [0.15, 0.2) is 5.82 Å². The monoisotopic (exact) mass is 344 g/mol. The van der Waals surface area contributed by atoms with Crippen LogP contribution in [0, 0.1) is 6.92 Å². The second-order valence-corrected chi connectivity index (χ2v) is 6.98. The van der Waals surface area contributed by atoms with Gasteiger partial charge in [-0.3, -0.25) is 0 Å². The fraction of sp³-hybridized carbons (Fsp3) is 0.579. The molecule has 1 N–H and O–H groups in total. The van der Waals surface area contributed by atoms with E-state index in [0.717, 1.165) is 29.9 Å². The predicted octanol–water partition coefficient (Wildman–Crippen LogP) is 3.48. The zero-order valence-electron chi connectivity index (χ0n) is 15.6. The van der Waals surface area contributed by atoms with Crippen LogP contribution in [0.3, 0.4) is 0 Å². The number of nitrogens with one attached hydrogen (secondary N) is 1. The number of rotatable bonds is 6. The Morgan fingerprint density at radius 2 is 2.08 bits per heavy atom. The highest BCUT2D eigenvalue weighted by molar-refractivity contribution is 5.68. The van der Waals surface area contributed by atoms with E-state index in [4.69, 9.17) is 9.26 Å². The van der Waals surface area contributed by atoms with E-state index in [9.17, 15) is 0 Å². The van der Waals surface area contributed by atoms with Crippen molar-refractivity contribution in [3.63, 3.8) is 0 Å². The van der Waals surface area contributed by atoms with Crippen LogP contribution in [0.1, 0.15) is 38.1 Å². The van der Waals surface area contributed by atoms with Crippen molar-refractivity contribution in [3.8, 4) is 11.5 Å². The molecule has 1 aromatic heterocycles. The van der Waals surface area contributed by atoms with Gasteiger partial charge in [-0.25, -0.2) is 0 Å². The summed E-state index contributed by atoms with van der Waals surface area (Å²) in [6.45, 7) is 9.29. The van der Waals surface area contributed by atoms with E-state index in [2.05, 4.69) is 47.2 Å². The molecule has 0 saturated carbocycles. The maximum Gasteiger partial charge on any atom is 0.258 e. The number of anilines is 1. The normalized spacial score (nSPS) is 16.5. The molecular formula is C19H28N4O2. The number of aromatic nitrogens is 2. The Hall–Kier alpha value is -1.92. The summed E-state index contributed by atoms with van der Waals surface area (Å²) >= 11 is 0. The molecule has 1 aromatic carbocycles. The van der Waals surface area contributed by atoms with Gasteiger partial charge in [0, 0.05) is 43.5 Å². The number of methoxy groups -OCH3 is 1. The summed E-state index contributed by atoms with van der Waals surface area (Å²) in [5.41, 5.74) is 3.26. The molecule has 1 saturated heterocycles. The molecule has 0 unspecified atom stereocenters. The number of likely N-dealkylation sites (tertiary alicyclic amines) is 1. The van der Waals surface area contributed by atoms with Crippen LogP contribution in [0.4, 0.5) is 5.69 Å². The van der Waals surface area contributed by atoms with Gasteiger partial charge in [0.05, 0.1) is 0 Å². The lowest BCUT2D eigenvalue weighted by molar-refractivity contribution is 0.174. The van der Waals surface area contributed by atoms with Crippen LogP contribution in [0.5, 0.6) is 0 Å². The second kappa shape index (κ2) is 7.97. The number of nitrogens with zero attached hydrogens (tertiary/aromatic N) is 3. The second-order valence-electron chi connectivity index (χ2n) is 6.98. The van der Waals surface area contributed by atoms with E-state index in [1.54, 1.807) is 7.11 Å². The Morgan fingerprint density at radius 3 is 2.76 bits per heavy atom. The van der Waals surface area contributed by atoms with E-state index in [1.165, 1.54) is 12.8 Å². The highest BCUT2D eigenvalue weighted by Gasteiger charge is 2.21. The molecule has 1 fully saturated rings. The third kappa shape index (κ3) is 4.19. The molecule has 6 nitrogen and oxygen atoms in total. The SMILES string of the molecule is COCc1noc(-c2cccc(NC3CCN(C(C)C)CC3)c2C)n1. The molecule has 6 heteroatoms. The average Bonchev–Trinajstić information content (AvgIpc) is 3.06. The summed E-state index contributed by atoms with van der Waals surface area (Å²) in [6.07, 6.45) is 2.33. The van der Waals surface area contributed by atoms with E-state index in [0.29, 0.717) is 30.4 Å². The first-order chi connectivity index (χ1) is 12.1. The Labute approximate surface area is 149 Å². The summed E-state index contributed by atoms with van der Waals surface area (Å²) in [5, 5.41) is 7.67. The van der Waals surface area contributed by atoms with Crippen molar-refractivity contribution in [3.05, 3.63) is 29.6 Å². The zero-order chi connectivity index (χ0) is 17.8. The standard InChI is InChI=1S/C19H28N4O2/c1-13(2)23-10-8-15(9-11-23)20-17-7-5-6-16(14(17)3)19-21-18(12-24-4)22-25-19/h5-7,13,15,20H,8-12H2,1-4H3. The van der Waals surface area contributed by atoms with Gasteiger partial charge in [0.1, 0.15) is 6.61 Å². The van der Waals surface area contributed by atoms with Gasteiger partial charge in [-0.2, -0.15) is 4.98 Å². The lowest BCUT2D eigenvalue weighted by Crippen LogP contribution is -2.42. The molecule has 25 heavy (non-hydrogen) atoms. The number of hydrogen-bond donors (Lipinski definition) is 1. The van der Waals surface area contributed by atoms with Gasteiger partial charge in [0.25, 0.3) is 5.89 Å². The fourth-order valence-electron chi connectivity index (χ4n) is 3.35. The maximum atomic E-state index is 5.39. The fourth-order valence-corrected chi connectivity index (χ4v) is 3.35. The Morgan fingerprint density at radius 1 is 1.32 bits per heavy atom. The highest BCUT2D eigenvalue weighted by atomic mass is 16.5. The minimum absolute atomic E-state index is 0.356. The lowest BCUT2D eigenvalue weighted by Gasteiger charge is -2.35. The first kappa shape index (κ1) is 17.9. The van der Waals surface area contributed by atoms with Crippen molar-refractivity contribution in [1.29, 1.82) is 0 Å². The molecule has 0 bridgehead atoms. The predicted molar refractivity (Wildman–Crippen MR) is 98.5 cm³/mol. The van der Waals surface area contributed by atoms with Crippen molar-refractivity contribution < 1.29 is 9.26 Å². The van der Waals surface area contributed by atoms with E-state index in [1.807, 2.05) is 12.1 Å². The quantitative estimate of drug-likeness (QED) is 0.866. The molecule has 1 aliphatic rings. The van der Waals surface area contributed by atoms with Gasteiger partial charge < -0.3 is 19.5 Å². The molecule has 0 aliphatic carbocycles. The third-order valence-electron chi connectivity index (χ3n) is 4.93. The van der Waals surface area contributed by atoms with Gasteiger partial charge in [0.2, 0.25) is 0 Å². The molecule has 0 spiro atoms. The molecule has 0 radical (unpaired) electrons. The molecule has 2 aromatic rings. The summed E-state index contributed by atoms with van der Waals surface area (Å²) in [7, 11) is 1.62. The molecule has 0 amide bonds. The van der Waals surface area contributed by atoms with Crippen LogP contribution in [0.2, 0.25) is 0 Å². The minimum Gasteiger partial charge on any atom is -0.382 e.